The second-order valence-electron chi connectivity index (χ2n) is 12.3. The molecule has 1 unspecified atom stereocenters. The number of hydrogen-bond donors (Lipinski definition) is 2. The molecule has 250 valence electrons. The summed E-state index contributed by atoms with van der Waals surface area (Å²) < 4.78 is 17.7. The first-order valence-electron chi connectivity index (χ1n) is 16.3. The third-order valence-corrected chi connectivity index (χ3v) is 9.36. The van der Waals surface area contributed by atoms with E-state index in [9.17, 15) is 15.2 Å². The van der Waals surface area contributed by atoms with Crippen molar-refractivity contribution >= 4 is 28.4 Å². The molecule has 0 bridgehead atoms. The maximum atomic E-state index is 11.9. The molecule has 1 amide bonds. The molecule has 3 aliphatic rings. The van der Waals surface area contributed by atoms with Gasteiger partial charge in [0, 0.05) is 55.4 Å². The number of carbonyl (C=O) groups is 1. The number of anilines is 2. The van der Waals surface area contributed by atoms with Gasteiger partial charge in [0.05, 0.1) is 63.3 Å². The zero-order valence-electron chi connectivity index (χ0n) is 26.8. The molecule has 3 aromatic rings. The number of rotatable bonds is 12. The van der Waals surface area contributed by atoms with Gasteiger partial charge in [0.2, 0.25) is 0 Å². The summed E-state index contributed by atoms with van der Waals surface area (Å²) in [5.41, 5.74) is 3.09. The maximum absolute atomic E-state index is 11.9. The second kappa shape index (κ2) is 15.1. The number of carboxylic acid groups (broad SMARTS) is 1. The molecule has 2 N–H and O–H groups in total. The van der Waals surface area contributed by atoms with Crippen LogP contribution in [-0.4, -0.2) is 127 Å². The Morgan fingerprint density at radius 2 is 1.87 bits per heavy atom. The molecule has 0 radical (unpaired) electrons. The van der Waals surface area contributed by atoms with Gasteiger partial charge >= 0.3 is 12.1 Å². The molecule has 2 saturated heterocycles. The molecular formula is C34H43N7O6. The lowest BCUT2D eigenvalue weighted by molar-refractivity contribution is 0.00184. The van der Waals surface area contributed by atoms with E-state index in [1.807, 2.05) is 6.07 Å². The average molecular weight is 646 g/mol. The van der Waals surface area contributed by atoms with Crippen LogP contribution in [0.5, 0.6) is 6.01 Å². The van der Waals surface area contributed by atoms with E-state index < -0.39 is 12.1 Å². The van der Waals surface area contributed by atoms with E-state index in [0.717, 1.165) is 48.7 Å². The highest BCUT2D eigenvalue weighted by Gasteiger charge is 2.35. The van der Waals surface area contributed by atoms with Crippen LogP contribution < -0.4 is 14.5 Å². The zero-order valence-corrected chi connectivity index (χ0v) is 26.8. The topological polar surface area (TPSA) is 148 Å². The summed E-state index contributed by atoms with van der Waals surface area (Å²) in [4.78, 5) is 29.9. The fraction of sp³-hybridized carbons (Fsp3) is 0.529. The highest BCUT2D eigenvalue weighted by molar-refractivity contribution is 5.94. The molecule has 6 rings (SSSR count). The highest BCUT2D eigenvalue weighted by atomic mass is 16.5. The fourth-order valence-corrected chi connectivity index (χ4v) is 6.94. The molecule has 4 heterocycles. The van der Waals surface area contributed by atoms with Crippen molar-refractivity contribution in [3.63, 3.8) is 0 Å². The number of aliphatic hydroxyl groups is 1. The number of ether oxygens (including phenoxy) is 3. The number of piperazine rings is 1. The van der Waals surface area contributed by atoms with Gasteiger partial charge in [-0.05, 0) is 31.3 Å². The molecule has 13 heteroatoms. The van der Waals surface area contributed by atoms with Gasteiger partial charge in [-0.15, -0.1) is 0 Å². The minimum Gasteiger partial charge on any atom is -0.465 e. The Bertz CT molecular complexity index is 1580. The van der Waals surface area contributed by atoms with Crippen molar-refractivity contribution in [3.05, 3.63) is 53.7 Å². The Balaban J connectivity index is 1.23. The van der Waals surface area contributed by atoms with Crippen molar-refractivity contribution < 1.29 is 29.2 Å². The average Bonchev–Trinajstić information content (AvgIpc) is 3.45. The third-order valence-electron chi connectivity index (χ3n) is 9.36. The van der Waals surface area contributed by atoms with Crippen molar-refractivity contribution in [2.75, 3.05) is 82.6 Å². The SMILES string of the molecule is CN1C[C@H](OCCOCCO)C[C@H]1COc1nc2c(c(N3CCN(C(=O)O)C(CC#N)C3)n1)CCN(c1cccc3ccccc13)C2. The number of aliphatic hydroxyl groups excluding tert-OH is 1. The number of aromatic nitrogens is 2. The smallest absolute Gasteiger partial charge is 0.407 e. The van der Waals surface area contributed by atoms with Gasteiger partial charge in [-0.2, -0.15) is 15.2 Å². The number of hydrogen-bond acceptors (Lipinski definition) is 11. The van der Waals surface area contributed by atoms with Crippen LogP contribution in [0.15, 0.2) is 42.5 Å². The molecule has 0 saturated carbocycles. The normalized spacial score (nSPS) is 21.6. The molecule has 1 aromatic heterocycles. The Morgan fingerprint density at radius 1 is 1.02 bits per heavy atom. The zero-order chi connectivity index (χ0) is 32.8. The molecule has 2 aromatic carbocycles. The predicted molar refractivity (Wildman–Crippen MR) is 176 cm³/mol. The summed E-state index contributed by atoms with van der Waals surface area (Å²) in [5.74, 6) is 0.763. The van der Waals surface area contributed by atoms with Crippen molar-refractivity contribution in [1.29, 1.82) is 5.26 Å². The van der Waals surface area contributed by atoms with Crippen LogP contribution in [0, 0.1) is 11.3 Å². The van der Waals surface area contributed by atoms with Crippen LogP contribution in [0.2, 0.25) is 0 Å². The summed E-state index contributed by atoms with van der Waals surface area (Å²) in [5, 5.41) is 30.5. The van der Waals surface area contributed by atoms with Gasteiger partial charge in [0.1, 0.15) is 12.4 Å². The van der Waals surface area contributed by atoms with Crippen LogP contribution in [0.25, 0.3) is 10.8 Å². The van der Waals surface area contributed by atoms with E-state index in [4.69, 9.17) is 29.3 Å². The summed E-state index contributed by atoms with van der Waals surface area (Å²) in [6.07, 6.45) is 0.686. The standard InChI is InChI=1S/C34H43N7O6/c1-38-21-27(46-18-17-45-16-15-42)19-26(38)23-47-33-36-30-22-39(31-8-4-6-24-5-2-3-7-28(24)31)12-10-29(30)32(37-33)40-13-14-41(34(43)44)25(20-40)9-11-35/h2-8,25-27,42H,9-10,12-23H2,1H3,(H,43,44)/t25?,26-,27+/m0/s1. The third kappa shape index (κ3) is 7.52. The van der Waals surface area contributed by atoms with Crippen LogP contribution in [-0.2, 0) is 22.4 Å². The summed E-state index contributed by atoms with van der Waals surface area (Å²) >= 11 is 0. The Labute approximate surface area is 274 Å². The van der Waals surface area contributed by atoms with Crippen molar-refractivity contribution in [1.82, 2.24) is 19.8 Å². The van der Waals surface area contributed by atoms with Crippen LogP contribution >= 0.6 is 0 Å². The lowest BCUT2D eigenvalue weighted by Crippen LogP contribution is -2.55. The van der Waals surface area contributed by atoms with Gasteiger partial charge < -0.3 is 39.1 Å². The number of likely N-dealkylation sites (N-methyl/N-ethyl adjacent to an activating group) is 1. The minimum atomic E-state index is -1.01. The first-order chi connectivity index (χ1) is 22.9. The largest absolute Gasteiger partial charge is 0.465 e. The Kier molecular flexibility index (Phi) is 10.5. The predicted octanol–water partition coefficient (Wildman–Crippen LogP) is 2.75. The number of fused-ring (bicyclic) bond motifs is 2. The van der Waals surface area contributed by atoms with Crippen molar-refractivity contribution in [2.24, 2.45) is 0 Å². The maximum Gasteiger partial charge on any atom is 0.407 e. The lowest BCUT2D eigenvalue weighted by atomic mass is 10.0. The number of nitriles is 1. The molecule has 3 atom stereocenters. The van der Waals surface area contributed by atoms with Gasteiger partial charge in [-0.25, -0.2) is 4.79 Å². The quantitative estimate of drug-likeness (QED) is 0.279. The fourth-order valence-electron chi connectivity index (χ4n) is 6.94. The molecule has 0 aliphatic carbocycles. The van der Waals surface area contributed by atoms with E-state index in [-0.39, 0.29) is 31.7 Å². The lowest BCUT2D eigenvalue weighted by Gasteiger charge is -2.41. The molecular weight excluding hydrogens is 602 g/mol. The van der Waals surface area contributed by atoms with E-state index in [2.05, 4.69) is 64.2 Å². The second-order valence-corrected chi connectivity index (χ2v) is 12.3. The molecule has 0 spiro atoms. The Hall–Kier alpha value is -4.22. The van der Waals surface area contributed by atoms with Gasteiger partial charge in [0.25, 0.3) is 0 Å². The van der Waals surface area contributed by atoms with E-state index >= 15 is 0 Å². The van der Waals surface area contributed by atoms with Gasteiger partial charge in [-0.1, -0.05) is 36.4 Å². The van der Waals surface area contributed by atoms with Crippen molar-refractivity contribution in [2.45, 2.75) is 44.0 Å². The van der Waals surface area contributed by atoms with Gasteiger partial charge in [0.15, 0.2) is 0 Å². The summed E-state index contributed by atoms with van der Waals surface area (Å²) in [7, 11) is 2.05. The first kappa shape index (κ1) is 32.7. The van der Waals surface area contributed by atoms with Crippen LogP contribution in [0.3, 0.4) is 0 Å². The highest BCUT2D eigenvalue weighted by Crippen LogP contribution is 2.35. The summed E-state index contributed by atoms with van der Waals surface area (Å²) in [6, 6.07) is 16.9. The number of amides is 1. The number of benzene rings is 2. The summed E-state index contributed by atoms with van der Waals surface area (Å²) in [6.45, 7) is 4.90. The number of likely N-dealkylation sites (tertiary alicyclic amines) is 1. The Morgan fingerprint density at radius 3 is 2.70 bits per heavy atom. The molecule has 2 fully saturated rings. The minimum absolute atomic E-state index is 0.00174. The monoisotopic (exact) mass is 645 g/mol. The van der Waals surface area contributed by atoms with E-state index in [1.54, 1.807) is 0 Å². The van der Waals surface area contributed by atoms with E-state index in [1.165, 1.54) is 15.7 Å². The molecule has 47 heavy (non-hydrogen) atoms. The molecule has 13 nitrogen and oxygen atoms in total. The van der Waals surface area contributed by atoms with E-state index in [0.29, 0.717) is 52.1 Å². The molecule has 3 aliphatic heterocycles. The van der Waals surface area contributed by atoms with Crippen LogP contribution in [0.4, 0.5) is 16.3 Å². The number of nitrogens with zero attached hydrogens (tertiary/aromatic N) is 7. The van der Waals surface area contributed by atoms with Gasteiger partial charge in [-0.3, -0.25) is 4.90 Å². The van der Waals surface area contributed by atoms with Crippen LogP contribution in [0.1, 0.15) is 24.1 Å². The first-order valence-corrected chi connectivity index (χ1v) is 16.3. The van der Waals surface area contributed by atoms with Crippen molar-refractivity contribution in [3.8, 4) is 12.1 Å².